The van der Waals surface area contributed by atoms with Crippen LogP contribution in [0, 0.1) is 0 Å². The summed E-state index contributed by atoms with van der Waals surface area (Å²) < 4.78 is 126. The van der Waals surface area contributed by atoms with E-state index < -0.39 is 64.9 Å². The highest BCUT2D eigenvalue weighted by molar-refractivity contribution is 5.90. The van der Waals surface area contributed by atoms with E-state index in [-0.39, 0.29) is 36.8 Å². The number of hydrogen-bond acceptors (Lipinski definition) is 3. The molecule has 4 nitrogen and oxygen atoms in total. The quantitative estimate of drug-likeness (QED) is 0.402. The molecule has 204 valence electrons. The minimum atomic E-state index is -5.18. The molecule has 1 N–H and O–H groups in total. The number of amides is 1. The summed E-state index contributed by atoms with van der Waals surface area (Å²) in [4.78, 5) is 13.7. The molecule has 2 aromatic carbocycles. The molecular weight excluding hydrogens is 521 g/mol. The molecule has 1 amide bonds. The molecule has 0 aromatic heterocycles. The SMILES string of the molecule is CCOC(=O)N1c2ccc(C(F)(F)F)cc2[C@H]([C@H](O)c2cc(C(F)(F)F)cc(C(F)(F)F)c2)C[C@H]1CC. The van der Waals surface area contributed by atoms with Crippen LogP contribution in [0.25, 0.3) is 0 Å². The van der Waals surface area contributed by atoms with Crippen molar-refractivity contribution < 1.29 is 54.2 Å². The molecule has 0 fully saturated rings. The lowest BCUT2D eigenvalue weighted by molar-refractivity contribution is -0.143. The van der Waals surface area contributed by atoms with Crippen molar-refractivity contribution in [2.75, 3.05) is 11.5 Å². The van der Waals surface area contributed by atoms with Gasteiger partial charge in [-0.2, -0.15) is 39.5 Å². The van der Waals surface area contributed by atoms with Crippen molar-refractivity contribution >= 4 is 11.8 Å². The van der Waals surface area contributed by atoms with Crippen LogP contribution < -0.4 is 4.90 Å². The van der Waals surface area contributed by atoms with Gasteiger partial charge in [-0.05, 0) is 67.3 Å². The molecule has 13 heteroatoms. The number of anilines is 1. The number of halogens is 9. The van der Waals surface area contributed by atoms with Crippen LogP contribution >= 0.6 is 0 Å². The number of rotatable bonds is 4. The number of carbonyl (C=O) groups excluding carboxylic acids is 1. The first-order chi connectivity index (χ1) is 17.0. The zero-order valence-corrected chi connectivity index (χ0v) is 19.4. The number of aliphatic hydroxyl groups is 1. The summed E-state index contributed by atoms with van der Waals surface area (Å²) in [7, 11) is 0. The molecule has 37 heavy (non-hydrogen) atoms. The van der Waals surface area contributed by atoms with Crippen LogP contribution in [0.3, 0.4) is 0 Å². The Hall–Kier alpha value is -2.96. The predicted molar refractivity (Wildman–Crippen MR) is 114 cm³/mol. The lowest BCUT2D eigenvalue weighted by Gasteiger charge is -2.41. The maximum absolute atomic E-state index is 13.5. The minimum Gasteiger partial charge on any atom is -0.449 e. The van der Waals surface area contributed by atoms with Crippen molar-refractivity contribution in [3.05, 3.63) is 64.2 Å². The molecule has 3 atom stereocenters. The Labute approximate surface area is 205 Å². The minimum absolute atomic E-state index is 0.0573. The van der Waals surface area contributed by atoms with Gasteiger partial charge in [0.2, 0.25) is 0 Å². The van der Waals surface area contributed by atoms with Crippen LogP contribution in [-0.4, -0.2) is 23.8 Å². The second kappa shape index (κ2) is 10.1. The number of hydrogen-bond donors (Lipinski definition) is 1. The number of ether oxygens (including phenoxy) is 1. The highest BCUT2D eigenvalue weighted by Gasteiger charge is 2.43. The van der Waals surface area contributed by atoms with E-state index in [0.29, 0.717) is 24.3 Å². The van der Waals surface area contributed by atoms with Gasteiger partial charge in [-0.15, -0.1) is 0 Å². The Morgan fingerprint density at radius 3 is 1.92 bits per heavy atom. The summed E-state index contributed by atoms with van der Waals surface area (Å²) in [5.41, 5.74) is -5.62. The van der Waals surface area contributed by atoms with E-state index in [4.69, 9.17) is 4.74 Å². The smallest absolute Gasteiger partial charge is 0.416 e. The lowest BCUT2D eigenvalue weighted by Crippen LogP contribution is -2.45. The fourth-order valence-electron chi connectivity index (χ4n) is 4.44. The monoisotopic (exact) mass is 543 g/mol. The molecule has 1 aliphatic heterocycles. The maximum atomic E-state index is 13.5. The van der Waals surface area contributed by atoms with E-state index in [2.05, 4.69) is 0 Å². The predicted octanol–water partition coefficient (Wildman–Crippen LogP) is 7.71. The van der Waals surface area contributed by atoms with Gasteiger partial charge in [-0.3, -0.25) is 4.90 Å². The average Bonchev–Trinajstić information content (AvgIpc) is 2.80. The molecule has 2 aromatic rings. The van der Waals surface area contributed by atoms with E-state index in [1.54, 1.807) is 6.92 Å². The topological polar surface area (TPSA) is 49.8 Å². The molecular formula is C24H22F9NO3. The standard InChI is InChI=1S/C24H22F9NO3/c1-3-16-11-18(20(35)12-7-14(23(28,29)30)9-15(8-12)24(31,32)33)17-10-13(22(25,26)27)5-6-19(17)34(16)21(36)37-4-2/h5-10,16,18,20,35H,3-4,11H2,1-2H3/t16-,18-,20-/m1/s1. The number of alkyl halides is 9. The third-order valence-electron chi connectivity index (χ3n) is 6.17. The van der Waals surface area contributed by atoms with Crippen molar-refractivity contribution in [2.24, 2.45) is 0 Å². The molecule has 3 rings (SSSR count). The third kappa shape index (κ3) is 5.97. The molecule has 0 spiro atoms. The van der Waals surface area contributed by atoms with E-state index >= 15 is 0 Å². The van der Waals surface area contributed by atoms with Gasteiger partial charge < -0.3 is 9.84 Å². The molecule has 0 unspecified atom stereocenters. The van der Waals surface area contributed by atoms with E-state index in [9.17, 15) is 49.4 Å². The van der Waals surface area contributed by atoms with Crippen LogP contribution in [0.2, 0.25) is 0 Å². The first kappa shape index (κ1) is 28.6. The number of nitrogens with zero attached hydrogens (tertiary/aromatic N) is 1. The van der Waals surface area contributed by atoms with Crippen molar-refractivity contribution in [1.29, 1.82) is 0 Å². The zero-order valence-electron chi connectivity index (χ0n) is 19.4. The normalized spacial score (nSPS) is 19.4. The number of carbonyl (C=O) groups is 1. The van der Waals surface area contributed by atoms with Gasteiger partial charge in [0.05, 0.1) is 35.1 Å². The average molecular weight is 543 g/mol. The maximum Gasteiger partial charge on any atom is 0.416 e. The summed E-state index contributed by atoms with van der Waals surface area (Å²) in [6.45, 7) is 3.08. The lowest BCUT2D eigenvalue weighted by atomic mass is 9.78. The summed E-state index contributed by atoms with van der Waals surface area (Å²) in [6.07, 6.45) is -18.2. The van der Waals surface area contributed by atoms with Gasteiger partial charge in [0.25, 0.3) is 0 Å². The molecule has 0 radical (unpaired) electrons. The second-order valence-electron chi connectivity index (χ2n) is 8.53. The molecule has 0 saturated heterocycles. The number of benzene rings is 2. The third-order valence-corrected chi connectivity index (χ3v) is 6.17. The van der Waals surface area contributed by atoms with Gasteiger partial charge in [0.15, 0.2) is 0 Å². The van der Waals surface area contributed by atoms with Gasteiger partial charge in [-0.25, -0.2) is 4.79 Å². The van der Waals surface area contributed by atoms with Gasteiger partial charge in [-0.1, -0.05) is 6.92 Å². The van der Waals surface area contributed by atoms with Crippen molar-refractivity contribution in [1.82, 2.24) is 0 Å². The molecule has 0 aliphatic carbocycles. The van der Waals surface area contributed by atoms with E-state index in [1.807, 2.05) is 0 Å². The summed E-state index contributed by atoms with van der Waals surface area (Å²) in [5.74, 6) is -1.36. The van der Waals surface area contributed by atoms with Crippen LogP contribution in [0.4, 0.5) is 50.0 Å². The van der Waals surface area contributed by atoms with E-state index in [1.165, 1.54) is 6.92 Å². The Balaban J connectivity index is 2.22. The van der Waals surface area contributed by atoms with Gasteiger partial charge >= 0.3 is 24.6 Å². The summed E-state index contributed by atoms with van der Waals surface area (Å²) >= 11 is 0. The number of fused-ring (bicyclic) bond motifs is 1. The molecule has 1 aliphatic rings. The highest BCUT2D eigenvalue weighted by Crippen LogP contribution is 2.48. The Morgan fingerprint density at radius 1 is 0.919 bits per heavy atom. The van der Waals surface area contributed by atoms with Crippen LogP contribution in [0.5, 0.6) is 0 Å². The summed E-state index contributed by atoms with van der Waals surface area (Å²) in [6, 6.07) is 2.11. The van der Waals surface area contributed by atoms with Gasteiger partial charge in [0.1, 0.15) is 0 Å². The van der Waals surface area contributed by atoms with Crippen LogP contribution in [-0.2, 0) is 23.3 Å². The fourth-order valence-corrected chi connectivity index (χ4v) is 4.44. The Kier molecular flexibility index (Phi) is 7.79. The highest BCUT2D eigenvalue weighted by atomic mass is 19.4. The summed E-state index contributed by atoms with van der Waals surface area (Å²) in [5, 5.41) is 11.1. The van der Waals surface area contributed by atoms with Gasteiger partial charge in [0, 0.05) is 12.0 Å². The van der Waals surface area contributed by atoms with Crippen LogP contribution in [0.15, 0.2) is 36.4 Å². The van der Waals surface area contributed by atoms with Crippen molar-refractivity contribution in [3.8, 4) is 0 Å². The first-order valence-corrected chi connectivity index (χ1v) is 11.1. The number of aliphatic hydroxyl groups excluding tert-OH is 1. The zero-order chi connectivity index (χ0) is 27.9. The molecule has 0 bridgehead atoms. The van der Waals surface area contributed by atoms with Crippen molar-refractivity contribution in [3.63, 3.8) is 0 Å². The van der Waals surface area contributed by atoms with E-state index in [0.717, 1.165) is 11.0 Å². The van der Waals surface area contributed by atoms with Crippen molar-refractivity contribution in [2.45, 2.75) is 63.3 Å². The largest absolute Gasteiger partial charge is 0.449 e. The van der Waals surface area contributed by atoms with Crippen LogP contribution in [0.1, 0.15) is 66.5 Å². The first-order valence-electron chi connectivity index (χ1n) is 11.1. The molecule has 0 saturated carbocycles. The Bertz CT molecular complexity index is 1110. The Morgan fingerprint density at radius 2 is 1.46 bits per heavy atom. The fraction of sp³-hybridized carbons (Fsp3) is 0.458. The molecule has 1 heterocycles. The second-order valence-corrected chi connectivity index (χ2v) is 8.53.